The fourth-order valence-electron chi connectivity index (χ4n) is 6.03. The minimum atomic E-state index is -0.467. The largest absolute Gasteiger partial charge is 0.352 e. The maximum absolute atomic E-state index is 13.9. The van der Waals surface area contributed by atoms with Gasteiger partial charge in [-0.15, -0.1) is 0 Å². The van der Waals surface area contributed by atoms with Gasteiger partial charge >= 0.3 is 0 Å². The zero-order valence-electron chi connectivity index (χ0n) is 21.8. The Bertz CT molecular complexity index is 1550. The number of halogens is 1. The van der Waals surface area contributed by atoms with Crippen LogP contribution < -0.4 is 0 Å². The Morgan fingerprint density at radius 2 is 1.79 bits per heavy atom. The van der Waals surface area contributed by atoms with Crippen LogP contribution >= 0.6 is 11.6 Å². The summed E-state index contributed by atoms with van der Waals surface area (Å²) in [5.74, 6) is -0.549. The highest BCUT2D eigenvalue weighted by molar-refractivity contribution is 6.31. The number of aromatic nitrogens is 2. The number of rotatable bonds is 5. The predicted molar refractivity (Wildman–Crippen MR) is 148 cm³/mol. The molecule has 7 nitrogen and oxygen atoms in total. The molecule has 1 aromatic carbocycles. The summed E-state index contributed by atoms with van der Waals surface area (Å²) >= 11 is 6.10. The SMILES string of the molecule is CC(C)(C)[C@H](CC(=O)c1cc2ccc(Cl)cc2[nH]1)C(=O)N1C[C@@H]2C[C@H]1CN2C(=O)c1cc2ccccn2c1. The number of carbonyl (C=O) groups excluding carboxylic acids is 3. The number of Topliss-reactive ketones (excluding diaryl/α,β-unsaturated/α-hetero) is 1. The van der Waals surface area contributed by atoms with Gasteiger partial charge in [-0.2, -0.15) is 0 Å². The van der Waals surface area contributed by atoms with E-state index in [2.05, 4.69) is 4.98 Å². The average Bonchev–Trinajstić information content (AvgIpc) is 3.66. The van der Waals surface area contributed by atoms with Crippen molar-refractivity contribution in [2.24, 2.45) is 11.3 Å². The molecule has 0 saturated carbocycles. The first-order chi connectivity index (χ1) is 18.1. The van der Waals surface area contributed by atoms with Crippen LogP contribution in [-0.4, -0.2) is 62.0 Å². The van der Waals surface area contributed by atoms with Crippen molar-refractivity contribution < 1.29 is 14.4 Å². The third-order valence-electron chi connectivity index (χ3n) is 8.15. The van der Waals surface area contributed by atoms with E-state index in [1.165, 1.54) is 0 Å². The smallest absolute Gasteiger partial charge is 0.255 e. The van der Waals surface area contributed by atoms with E-state index < -0.39 is 11.3 Å². The van der Waals surface area contributed by atoms with Crippen LogP contribution in [0.4, 0.5) is 0 Å². The van der Waals surface area contributed by atoms with Crippen molar-refractivity contribution in [1.29, 1.82) is 0 Å². The summed E-state index contributed by atoms with van der Waals surface area (Å²) in [7, 11) is 0. The molecule has 2 fully saturated rings. The first kappa shape index (κ1) is 24.7. The summed E-state index contributed by atoms with van der Waals surface area (Å²) in [6.07, 6.45) is 4.70. The molecule has 2 aliphatic heterocycles. The first-order valence-electron chi connectivity index (χ1n) is 13.1. The molecule has 2 bridgehead atoms. The van der Waals surface area contributed by atoms with Gasteiger partial charge in [0.15, 0.2) is 5.78 Å². The third-order valence-corrected chi connectivity index (χ3v) is 8.39. The number of carbonyl (C=O) groups is 3. The minimum absolute atomic E-state index is 0.000732. The van der Waals surface area contributed by atoms with Crippen molar-refractivity contribution in [3.8, 4) is 0 Å². The first-order valence-corrected chi connectivity index (χ1v) is 13.5. The molecule has 2 amide bonds. The van der Waals surface area contributed by atoms with Crippen LogP contribution in [0.25, 0.3) is 16.4 Å². The molecule has 3 aromatic heterocycles. The van der Waals surface area contributed by atoms with Gasteiger partial charge in [0.2, 0.25) is 5.91 Å². The topological polar surface area (TPSA) is 77.9 Å². The van der Waals surface area contributed by atoms with E-state index in [0.717, 1.165) is 22.8 Å². The number of benzene rings is 1. The molecule has 1 N–H and O–H groups in total. The van der Waals surface area contributed by atoms with Gasteiger partial charge < -0.3 is 19.2 Å². The van der Waals surface area contributed by atoms with Gasteiger partial charge in [0.1, 0.15) is 0 Å². The second-order valence-electron chi connectivity index (χ2n) is 11.7. The van der Waals surface area contributed by atoms with Crippen LogP contribution in [-0.2, 0) is 4.79 Å². The maximum Gasteiger partial charge on any atom is 0.255 e. The lowest BCUT2D eigenvalue weighted by Crippen LogP contribution is -2.53. The van der Waals surface area contributed by atoms with Crippen molar-refractivity contribution in [1.82, 2.24) is 19.2 Å². The van der Waals surface area contributed by atoms with Crippen LogP contribution in [0.3, 0.4) is 0 Å². The molecule has 38 heavy (non-hydrogen) atoms. The lowest BCUT2D eigenvalue weighted by atomic mass is 9.76. The van der Waals surface area contributed by atoms with Crippen LogP contribution in [0.5, 0.6) is 0 Å². The van der Waals surface area contributed by atoms with E-state index in [-0.39, 0.29) is 36.1 Å². The van der Waals surface area contributed by atoms with Crippen molar-refractivity contribution in [2.45, 2.75) is 45.7 Å². The van der Waals surface area contributed by atoms with E-state index in [9.17, 15) is 14.4 Å². The number of hydrogen-bond acceptors (Lipinski definition) is 3. The summed E-state index contributed by atoms with van der Waals surface area (Å²) in [6, 6.07) is 15.0. The molecule has 2 saturated heterocycles. The molecule has 3 atom stereocenters. The second kappa shape index (κ2) is 9.02. The number of likely N-dealkylation sites (tertiary alicyclic amines) is 2. The molecule has 0 aliphatic carbocycles. The van der Waals surface area contributed by atoms with Crippen molar-refractivity contribution in [3.05, 3.63) is 77.2 Å². The number of H-pyrrole nitrogens is 1. The van der Waals surface area contributed by atoms with Gasteiger partial charge in [-0.25, -0.2) is 0 Å². The van der Waals surface area contributed by atoms with Crippen LogP contribution in [0, 0.1) is 11.3 Å². The molecule has 2 aliphatic rings. The highest BCUT2D eigenvalue weighted by atomic mass is 35.5. The van der Waals surface area contributed by atoms with Crippen molar-refractivity contribution >= 4 is 45.6 Å². The Morgan fingerprint density at radius 3 is 2.50 bits per heavy atom. The highest BCUT2D eigenvalue weighted by Gasteiger charge is 2.49. The lowest BCUT2D eigenvalue weighted by Gasteiger charge is -2.39. The second-order valence-corrected chi connectivity index (χ2v) is 12.1. The van der Waals surface area contributed by atoms with Gasteiger partial charge in [0.05, 0.1) is 29.3 Å². The van der Waals surface area contributed by atoms with E-state index in [4.69, 9.17) is 11.6 Å². The fourth-order valence-corrected chi connectivity index (χ4v) is 6.20. The molecule has 196 valence electrons. The Kier molecular flexibility index (Phi) is 5.87. The fraction of sp³-hybridized carbons (Fsp3) is 0.367. The normalized spacial score (nSPS) is 20.0. The molecule has 6 rings (SSSR count). The standard InChI is InChI=1S/C30H31ClN4O3/c1-30(2,3)24(14-27(36)26-11-18-7-8-20(31)12-25(18)32-26)29(38)35-17-22-13-23(35)16-34(22)28(37)19-10-21-6-4-5-9-33(21)15-19/h4-12,15,22-24,32H,13-14,16-17H2,1-3H3/t22-,23-,24+/m0/s1. The predicted octanol–water partition coefficient (Wildman–Crippen LogP) is 5.43. The quantitative estimate of drug-likeness (QED) is 0.349. The molecular formula is C30H31ClN4O3. The summed E-state index contributed by atoms with van der Waals surface area (Å²) in [5.41, 5.74) is 2.54. The zero-order valence-corrected chi connectivity index (χ0v) is 22.5. The van der Waals surface area contributed by atoms with Crippen LogP contribution in [0.1, 0.15) is 54.5 Å². The van der Waals surface area contributed by atoms with Gasteiger partial charge in [-0.1, -0.05) is 44.5 Å². The number of nitrogens with zero attached hydrogens (tertiary/aromatic N) is 3. The monoisotopic (exact) mass is 530 g/mol. The number of hydrogen-bond donors (Lipinski definition) is 1. The third kappa shape index (κ3) is 4.29. The van der Waals surface area contributed by atoms with E-state index in [1.807, 2.05) is 83.8 Å². The Hall–Kier alpha value is -3.58. The zero-order chi connectivity index (χ0) is 26.8. The number of ketones is 1. The Morgan fingerprint density at radius 1 is 1.03 bits per heavy atom. The number of nitrogens with one attached hydrogen (secondary N) is 1. The minimum Gasteiger partial charge on any atom is -0.352 e. The number of piperazine rings is 1. The molecule has 4 aromatic rings. The lowest BCUT2D eigenvalue weighted by molar-refractivity contribution is -0.141. The summed E-state index contributed by atoms with van der Waals surface area (Å²) in [5, 5.41) is 1.51. The van der Waals surface area contributed by atoms with E-state index >= 15 is 0 Å². The summed E-state index contributed by atoms with van der Waals surface area (Å²) in [6.45, 7) is 7.06. The van der Waals surface area contributed by atoms with Gasteiger partial charge in [0.25, 0.3) is 5.91 Å². The summed E-state index contributed by atoms with van der Waals surface area (Å²) in [4.78, 5) is 47.5. The molecule has 0 unspecified atom stereocenters. The maximum atomic E-state index is 13.9. The number of amides is 2. The van der Waals surface area contributed by atoms with Crippen LogP contribution in [0.2, 0.25) is 5.02 Å². The highest BCUT2D eigenvalue weighted by Crippen LogP contribution is 2.38. The molecule has 5 heterocycles. The van der Waals surface area contributed by atoms with Gasteiger partial charge in [-0.05, 0) is 48.2 Å². The number of aromatic amines is 1. The van der Waals surface area contributed by atoms with E-state index in [1.54, 1.807) is 12.1 Å². The Labute approximate surface area is 226 Å². The van der Waals surface area contributed by atoms with Crippen molar-refractivity contribution in [3.63, 3.8) is 0 Å². The average molecular weight is 531 g/mol. The van der Waals surface area contributed by atoms with Gasteiger partial charge in [0, 0.05) is 53.3 Å². The number of pyridine rings is 1. The van der Waals surface area contributed by atoms with Crippen LogP contribution in [0.15, 0.2) is 60.9 Å². The van der Waals surface area contributed by atoms with Crippen molar-refractivity contribution in [2.75, 3.05) is 13.1 Å². The number of fused-ring (bicyclic) bond motifs is 4. The molecule has 8 heteroatoms. The Balaban J connectivity index is 1.17. The molecular weight excluding hydrogens is 500 g/mol. The molecule has 0 radical (unpaired) electrons. The summed E-state index contributed by atoms with van der Waals surface area (Å²) < 4.78 is 1.95. The van der Waals surface area contributed by atoms with E-state index in [0.29, 0.717) is 29.4 Å². The van der Waals surface area contributed by atoms with Gasteiger partial charge in [-0.3, -0.25) is 14.4 Å². The molecule has 0 spiro atoms.